The van der Waals surface area contributed by atoms with Gasteiger partial charge in [-0.25, -0.2) is 5.43 Å². The van der Waals surface area contributed by atoms with Gasteiger partial charge < -0.3 is 4.90 Å². The number of carbonyl (C=O) groups is 1. The lowest BCUT2D eigenvalue weighted by molar-refractivity contribution is -0.384. The van der Waals surface area contributed by atoms with Gasteiger partial charge in [-0.3, -0.25) is 14.9 Å². The number of hydrazone groups is 1. The van der Waals surface area contributed by atoms with Gasteiger partial charge in [-0.1, -0.05) is 12.1 Å². The number of nitro groups is 1. The van der Waals surface area contributed by atoms with Crippen LogP contribution in [0.2, 0.25) is 0 Å². The number of hydrogen-bond acceptors (Lipinski definition) is 6. The molecule has 1 aromatic heterocycles. The van der Waals surface area contributed by atoms with Crippen molar-refractivity contribution >= 4 is 44.9 Å². The van der Waals surface area contributed by atoms with Crippen LogP contribution in [0.3, 0.4) is 0 Å². The van der Waals surface area contributed by atoms with E-state index >= 15 is 0 Å². The summed E-state index contributed by atoms with van der Waals surface area (Å²) in [7, 11) is 3.92. The van der Waals surface area contributed by atoms with E-state index in [1.807, 2.05) is 43.3 Å². The summed E-state index contributed by atoms with van der Waals surface area (Å²) in [6, 6.07) is 13.9. The van der Waals surface area contributed by atoms with Crippen LogP contribution in [0.4, 0.5) is 11.4 Å². The van der Waals surface area contributed by atoms with Gasteiger partial charge in [-0.05, 0) is 29.8 Å². The van der Waals surface area contributed by atoms with Crippen molar-refractivity contribution in [1.29, 1.82) is 0 Å². The van der Waals surface area contributed by atoms with E-state index in [2.05, 4.69) is 10.5 Å². The minimum atomic E-state index is -0.456. The minimum Gasteiger partial charge on any atom is -0.378 e. The van der Waals surface area contributed by atoms with E-state index in [-0.39, 0.29) is 11.6 Å². The largest absolute Gasteiger partial charge is 0.378 e. The van der Waals surface area contributed by atoms with Crippen LogP contribution in [0.15, 0.2) is 53.6 Å². The van der Waals surface area contributed by atoms with Crippen LogP contribution in [-0.4, -0.2) is 31.1 Å². The second-order valence-corrected chi connectivity index (χ2v) is 6.86. The first kappa shape index (κ1) is 17.6. The van der Waals surface area contributed by atoms with Crippen LogP contribution < -0.4 is 10.3 Å². The van der Waals surface area contributed by atoms with Crippen LogP contribution in [0.1, 0.15) is 15.2 Å². The third-order valence-electron chi connectivity index (χ3n) is 3.72. The number of nitrogens with one attached hydrogen (secondary N) is 1. The van der Waals surface area contributed by atoms with Gasteiger partial charge in [0.2, 0.25) is 0 Å². The number of amides is 1. The highest BCUT2D eigenvalue weighted by Crippen LogP contribution is 2.28. The van der Waals surface area contributed by atoms with E-state index in [0.717, 1.165) is 16.0 Å². The molecule has 1 heterocycles. The summed E-state index contributed by atoms with van der Waals surface area (Å²) in [6.07, 6.45) is 1.56. The average molecular weight is 368 g/mol. The maximum absolute atomic E-state index is 12.2. The van der Waals surface area contributed by atoms with Crippen molar-refractivity contribution in [3.63, 3.8) is 0 Å². The second-order valence-electron chi connectivity index (χ2n) is 5.77. The highest BCUT2D eigenvalue weighted by atomic mass is 32.1. The number of non-ortho nitro benzene ring substituents is 1. The fourth-order valence-electron chi connectivity index (χ4n) is 2.34. The second kappa shape index (κ2) is 7.32. The van der Waals surface area contributed by atoms with Crippen molar-refractivity contribution < 1.29 is 9.72 Å². The molecule has 0 spiro atoms. The summed E-state index contributed by atoms with van der Waals surface area (Å²) in [6.45, 7) is 0. The average Bonchev–Trinajstić information content (AvgIpc) is 3.05. The molecule has 7 nitrogen and oxygen atoms in total. The summed E-state index contributed by atoms with van der Waals surface area (Å²) in [5.74, 6) is -0.352. The molecule has 0 aliphatic heterocycles. The third-order valence-corrected chi connectivity index (χ3v) is 4.84. The number of nitro benzene ring substituents is 1. The SMILES string of the molecule is CN(C)c1ccc(/C=N/NC(=O)c2cc3cc([N+](=O)[O-])ccc3s2)cc1. The zero-order valence-electron chi connectivity index (χ0n) is 14.2. The van der Waals surface area contributed by atoms with Crippen LogP contribution >= 0.6 is 11.3 Å². The molecule has 0 bridgehead atoms. The Balaban J connectivity index is 1.69. The quantitative estimate of drug-likeness (QED) is 0.423. The monoisotopic (exact) mass is 368 g/mol. The van der Waals surface area contributed by atoms with Crippen molar-refractivity contribution in [3.8, 4) is 0 Å². The molecule has 0 aliphatic rings. The number of anilines is 1. The third kappa shape index (κ3) is 3.86. The molecular formula is C18H16N4O3S. The maximum Gasteiger partial charge on any atom is 0.281 e. The standard InChI is InChI=1S/C18H16N4O3S/c1-21(2)14-5-3-12(4-6-14)11-19-20-18(23)17-10-13-9-15(22(24)25)7-8-16(13)26-17/h3-11H,1-2H3,(H,20,23)/b19-11+. The van der Waals surface area contributed by atoms with Gasteiger partial charge in [0.05, 0.1) is 16.0 Å². The topological polar surface area (TPSA) is 87.8 Å². The first-order chi connectivity index (χ1) is 12.4. The lowest BCUT2D eigenvalue weighted by Crippen LogP contribution is -2.16. The van der Waals surface area contributed by atoms with Gasteiger partial charge in [0.1, 0.15) is 0 Å². The summed E-state index contributed by atoms with van der Waals surface area (Å²) < 4.78 is 0.809. The van der Waals surface area contributed by atoms with Crippen LogP contribution in [0, 0.1) is 10.1 Å². The van der Waals surface area contributed by atoms with Crippen molar-refractivity contribution in [1.82, 2.24) is 5.43 Å². The lowest BCUT2D eigenvalue weighted by atomic mass is 10.2. The van der Waals surface area contributed by atoms with Crippen LogP contribution in [0.25, 0.3) is 10.1 Å². The Hall–Kier alpha value is -3.26. The molecule has 0 unspecified atom stereocenters. The molecule has 0 saturated carbocycles. The van der Waals surface area contributed by atoms with Gasteiger partial charge in [0.25, 0.3) is 11.6 Å². The highest BCUT2D eigenvalue weighted by Gasteiger charge is 2.12. The summed E-state index contributed by atoms with van der Waals surface area (Å²) in [5, 5.41) is 15.5. The molecule has 3 rings (SSSR count). The number of hydrogen-bond donors (Lipinski definition) is 1. The predicted molar refractivity (Wildman–Crippen MR) is 104 cm³/mol. The molecule has 0 saturated heterocycles. The van der Waals surface area contributed by atoms with Gasteiger partial charge in [-0.15, -0.1) is 11.3 Å². The molecule has 0 atom stereocenters. The first-order valence-corrected chi connectivity index (χ1v) is 8.54. The maximum atomic E-state index is 12.2. The van der Waals surface area contributed by atoms with E-state index in [1.165, 1.54) is 23.5 Å². The molecule has 0 aliphatic carbocycles. The Morgan fingerprint density at radius 3 is 2.58 bits per heavy atom. The van der Waals surface area contributed by atoms with Gasteiger partial charge in [0, 0.05) is 42.0 Å². The molecule has 1 N–H and O–H groups in total. The Morgan fingerprint density at radius 1 is 1.19 bits per heavy atom. The molecule has 0 fully saturated rings. The van der Waals surface area contributed by atoms with Crippen molar-refractivity contribution in [2.75, 3.05) is 19.0 Å². The van der Waals surface area contributed by atoms with E-state index in [0.29, 0.717) is 10.3 Å². The summed E-state index contributed by atoms with van der Waals surface area (Å²) >= 11 is 1.26. The van der Waals surface area contributed by atoms with Crippen LogP contribution in [0.5, 0.6) is 0 Å². The van der Waals surface area contributed by atoms with E-state index in [4.69, 9.17) is 0 Å². The van der Waals surface area contributed by atoms with Crippen molar-refractivity contribution in [3.05, 3.63) is 69.1 Å². The Bertz CT molecular complexity index is 993. The Labute approximate surface area is 153 Å². The highest BCUT2D eigenvalue weighted by molar-refractivity contribution is 7.20. The smallest absolute Gasteiger partial charge is 0.281 e. The Morgan fingerprint density at radius 2 is 1.92 bits per heavy atom. The molecule has 3 aromatic rings. The van der Waals surface area contributed by atoms with Crippen molar-refractivity contribution in [2.24, 2.45) is 5.10 Å². The van der Waals surface area contributed by atoms with Gasteiger partial charge in [0.15, 0.2) is 0 Å². The van der Waals surface area contributed by atoms with Crippen molar-refractivity contribution in [2.45, 2.75) is 0 Å². The molecule has 8 heteroatoms. The summed E-state index contributed by atoms with van der Waals surface area (Å²) in [4.78, 5) is 25.0. The molecular weight excluding hydrogens is 352 g/mol. The zero-order chi connectivity index (χ0) is 18.7. The minimum absolute atomic E-state index is 0.00134. The van der Waals surface area contributed by atoms with E-state index in [1.54, 1.807) is 18.3 Å². The van der Waals surface area contributed by atoms with Crippen LogP contribution in [-0.2, 0) is 0 Å². The van der Waals surface area contributed by atoms with E-state index in [9.17, 15) is 14.9 Å². The number of carbonyl (C=O) groups excluding carboxylic acids is 1. The van der Waals surface area contributed by atoms with Gasteiger partial charge >= 0.3 is 0 Å². The number of rotatable bonds is 5. The van der Waals surface area contributed by atoms with Gasteiger partial charge in [-0.2, -0.15) is 5.10 Å². The number of benzene rings is 2. The fourth-order valence-corrected chi connectivity index (χ4v) is 3.27. The normalized spacial score (nSPS) is 11.0. The number of thiophene rings is 1. The number of fused-ring (bicyclic) bond motifs is 1. The lowest BCUT2D eigenvalue weighted by Gasteiger charge is -2.11. The molecule has 132 valence electrons. The zero-order valence-corrected chi connectivity index (χ0v) is 15.0. The van der Waals surface area contributed by atoms with E-state index < -0.39 is 4.92 Å². The number of nitrogens with zero attached hydrogens (tertiary/aromatic N) is 3. The molecule has 2 aromatic carbocycles. The molecule has 0 radical (unpaired) electrons. The first-order valence-electron chi connectivity index (χ1n) is 7.73. The summed E-state index contributed by atoms with van der Waals surface area (Å²) in [5.41, 5.74) is 4.42. The molecule has 26 heavy (non-hydrogen) atoms. The molecule has 1 amide bonds. The fraction of sp³-hybridized carbons (Fsp3) is 0.111. The Kier molecular flexibility index (Phi) is 4.94. The predicted octanol–water partition coefficient (Wildman–Crippen LogP) is 3.64.